The van der Waals surface area contributed by atoms with Crippen LogP contribution in [-0.4, -0.2) is 17.7 Å². The van der Waals surface area contributed by atoms with Crippen molar-refractivity contribution in [2.24, 2.45) is 0 Å². The molecule has 1 aromatic rings. The van der Waals surface area contributed by atoms with Gasteiger partial charge in [0.05, 0.1) is 12.7 Å². The number of aliphatic hydroxyl groups excluding tert-OH is 1. The lowest BCUT2D eigenvalue weighted by Gasteiger charge is -2.08. The van der Waals surface area contributed by atoms with Crippen LogP contribution < -0.4 is 0 Å². The smallest absolute Gasteiger partial charge is 0.333 e. The van der Waals surface area contributed by atoms with E-state index in [2.05, 4.69) is 0 Å². The van der Waals surface area contributed by atoms with Crippen LogP contribution in [0.4, 0.5) is 0 Å². The third kappa shape index (κ3) is 4.41. The minimum atomic E-state index is -0.583. The molecule has 0 aromatic heterocycles. The third-order valence-electron chi connectivity index (χ3n) is 2.43. The van der Waals surface area contributed by atoms with E-state index >= 15 is 0 Å². The van der Waals surface area contributed by atoms with Gasteiger partial charge in [0.2, 0.25) is 0 Å². The molecule has 1 aromatic carbocycles. The maximum Gasteiger partial charge on any atom is 0.333 e. The number of aliphatic hydroxyl groups is 1. The summed E-state index contributed by atoms with van der Waals surface area (Å²) in [7, 11) is 0. The van der Waals surface area contributed by atoms with Gasteiger partial charge in [0.25, 0.3) is 0 Å². The first-order chi connectivity index (χ1) is 8.15. The Labute approximate surface area is 102 Å². The second kappa shape index (κ2) is 6.86. The fourth-order valence-electron chi connectivity index (χ4n) is 1.43. The van der Waals surface area contributed by atoms with Crippen molar-refractivity contribution < 1.29 is 14.6 Å². The highest BCUT2D eigenvalue weighted by molar-refractivity contribution is 5.87. The molecule has 1 rings (SSSR count). The summed E-state index contributed by atoms with van der Waals surface area (Å²) in [6.45, 7) is 3.82. The van der Waals surface area contributed by atoms with Crippen molar-refractivity contribution in [1.82, 2.24) is 0 Å². The lowest BCUT2D eigenvalue weighted by Crippen LogP contribution is -2.05. The van der Waals surface area contributed by atoms with E-state index in [4.69, 9.17) is 4.74 Å². The summed E-state index contributed by atoms with van der Waals surface area (Å²) in [6, 6.07) is 9.37. The first-order valence-electron chi connectivity index (χ1n) is 5.72. The van der Waals surface area contributed by atoms with Crippen LogP contribution in [-0.2, 0) is 9.53 Å². The molecule has 0 spiro atoms. The summed E-state index contributed by atoms with van der Waals surface area (Å²) in [6.07, 6.45) is 1.53. The summed E-state index contributed by atoms with van der Waals surface area (Å²) >= 11 is 0. The van der Waals surface area contributed by atoms with E-state index in [1.807, 2.05) is 30.3 Å². The molecule has 1 unspecified atom stereocenters. The monoisotopic (exact) mass is 234 g/mol. The van der Waals surface area contributed by atoms with Crippen LogP contribution in [0, 0.1) is 0 Å². The standard InChI is InChI=1S/C14H18O3/c1-3-17-14(16)11(2)9-10-13(15)12-7-5-4-6-8-12/h4-9,13,15H,3,10H2,1-2H3/b11-9+. The predicted molar refractivity (Wildman–Crippen MR) is 66.4 cm³/mol. The molecular weight excluding hydrogens is 216 g/mol. The van der Waals surface area contributed by atoms with Gasteiger partial charge in [0.1, 0.15) is 0 Å². The topological polar surface area (TPSA) is 46.5 Å². The fourth-order valence-corrected chi connectivity index (χ4v) is 1.43. The lowest BCUT2D eigenvalue weighted by atomic mass is 10.1. The van der Waals surface area contributed by atoms with Crippen molar-refractivity contribution in [2.75, 3.05) is 6.61 Å². The van der Waals surface area contributed by atoms with Crippen LogP contribution in [0.3, 0.4) is 0 Å². The SMILES string of the molecule is CCOC(=O)/C(C)=C/CC(O)c1ccccc1. The van der Waals surface area contributed by atoms with Gasteiger partial charge in [-0.2, -0.15) is 0 Å². The Balaban J connectivity index is 2.55. The number of carbonyl (C=O) groups excluding carboxylic acids is 1. The molecule has 1 N–H and O–H groups in total. The van der Waals surface area contributed by atoms with E-state index in [9.17, 15) is 9.90 Å². The minimum Gasteiger partial charge on any atom is -0.463 e. The predicted octanol–water partition coefficient (Wildman–Crippen LogP) is 2.62. The summed E-state index contributed by atoms with van der Waals surface area (Å²) in [5.74, 6) is -0.326. The van der Waals surface area contributed by atoms with Crippen molar-refractivity contribution in [3.8, 4) is 0 Å². The second-order valence-corrected chi connectivity index (χ2v) is 3.77. The molecule has 1 atom stereocenters. The average Bonchev–Trinajstić information content (AvgIpc) is 2.36. The van der Waals surface area contributed by atoms with Crippen LogP contribution in [0.15, 0.2) is 42.0 Å². The highest BCUT2D eigenvalue weighted by Gasteiger charge is 2.08. The molecule has 0 aliphatic rings. The van der Waals surface area contributed by atoms with Crippen LogP contribution in [0.1, 0.15) is 31.9 Å². The fraction of sp³-hybridized carbons (Fsp3) is 0.357. The number of carbonyl (C=O) groups is 1. The molecule has 0 radical (unpaired) electrons. The van der Waals surface area contributed by atoms with Crippen molar-refractivity contribution in [3.05, 3.63) is 47.5 Å². The summed E-state index contributed by atoms with van der Waals surface area (Å²) in [5.41, 5.74) is 1.38. The summed E-state index contributed by atoms with van der Waals surface area (Å²) in [4.78, 5) is 11.3. The number of esters is 1. The number of benzene rings is 1. The Kier molecular flexibility index (Phi) is 5.43. The zero-order valence-corrected chi connectivity index (χ0v) is 10.2. The maximum absolute atomic E-state index is 11.3. The average molecular weight is 234 g/mol. The zero-order valence-electron chi connectivity index (χ0n) is 10.2. The largest absolute Gasteiger partial charge is 0.463 e. The third-order valence-corrected chi connectivity index (χ3v) is 2.43. The molecule has 0 fully saturated rings. The normalized spacial score (nSPS) is 13.2. The minimum absolute atomic E-state index is 0.326. The van der Waals surface area contributed by atoms with E-state index in [1.54, 1.807) is 19.9 Å². The Bertz CT molecular complexity index is 382. The molecule has 3 nitrogen and oxygen atoms in total. The van der Waals surface area contributed by atoms with E-state index in [0.29, 0.717) is 18.6 Å². The Morgan fingerprint density at radius 3 is 2.65 bits per heavy atom. The summed E-state index contributed by atoms with van der Waals surface area (Å²) in [5, 5.41) is 9.88. The Hall–Kier alpha value is -1.61. The van der Waals surface area contributed by atoms with Crippen molar-refractivity contribution in [1.29, 1.82) is 0 Å². The molecule has 0 aliphatic heterocycles. The molecule has 0 saturated heterocycles. The molecule has 0 heterocycles. The molecule has 17 heavy (non-hydrogen) atoms. The molecule has 0 amide bonds. The number of hydrogen-bond acceptors (Lipinski definition) is 3. The maximum atomic E-state index is 11.3. The van der Waals surface area contributed by atoms with Crippen molar-refractivity contribution >= 4 is 5.97 Å². The molecule has 0 saturated carbocycles. The highest BCUT2D eigenvalue weighted by Crippen LogP contribution is 2.17. The van der Waals surface area contributed by atoms with Crippen LogP contribution >= 0.6 is 0 Å². The number of ether oxygens (including phenoxy) is 1. The molecule has 0 aliphatic carbocycles. The molecule has 92 valence electrons. The molecule has 0 bridgehead atoms. The van der Waals surface area contributed by atoms with Crippen LogP contribution in [0.5, 0.6) is 0 Å². The van der Waals surface area contributed by atoms with Gasteiger partial charge in [0.15, 0.2) is 0 Å². The van der Waals surface area contributed by atoms with Gasteiger partial charge in [-0.15, -0.1) is 0 Å². The number of rotatable bonds is 5. The van der Waals surface area contributed by atoms with Gasteiger partial charge in [0, 0.05) is 5.57 Å². The zero-order chi connectivity index (χ0) is 12.7. The van der Waals surface area contributed by atoms with Gasteiger partial charge in [-0.1, -0.05) is 36.4 Å². The van der Waals surface area contributed by atoms with Crippen molar-refractivity contribution in [3.63, 3.8) is 0 Å². The second-order valence-electron chi connectivity index (χ2n) is 3.77. The number of hydrogen-bond donors (Lipinski definition) is 1. The quantitative estimate of drug-likeness (QED) is 0.629. The van der Waals surface area contributed by atoms with E-state index in [1.165, 1.54) is 0 Å². The highest BCUT2D eigenvalue weighted by atomic mass is 16.5. The van der Waals surface area contributed by atoms with E-state index in [-0.39, 0.29) is 5.97 Å². The van der Waals surface area contributed by atoms with Gasteiger partial charge in [-0.25, -0.2) is 4.79 Å². The van der Waals surface area contributed by atoms with Gasteiger partial charge >= 0.3 is 5.97 Å². The van der Waals surface area contributed by atoms with Gasteiger partial charge in [-0.05, 0) is 25.8 Å². The van der Waals surface area contributed by atoms with E-state index < -0.39 is 6.10 Å². The molecular formula is C14H18O3. The van der Waals surface area contributed by atoms with Gasteiger partial charge in [-0.3, -0.25) is 0 Å². The first-order valence-corrected chi connectivity index (χ1v) is 5.72. The molecule has 3 heteroatoms. The summed E-state index contributed by atoms with van der Waals surface area (Å²) < 4.78 is 4.85. The van der Waals surface area contributed by atoms with Crippen LogP contribution in [0.2, 0.25) is 0 Å². The Morgan fingerprint density at radius 1 is 1.41 bits per heavy atom. The van der Waals surface area contributed by atoms with E-state index in [0.717, 1.165) is 5.56 Å². The van der Waals surface area contributed by atoms with Crippen LogP contribution in [0.25, 0.3) is 0 Å². The Morgan fingerprint density at radius 2 is 2.06 bits per heavy atom. The first kappa shape index (κ1) is 13.5. The van der Waals surface area contributed by atoms with Gasteiger partial charge < -0.3 is 9.84 Å². The lowest BCUT2D eigenvalue weighted by molar-refractivity contribution is -0.138. The van der Waals surface area contributed by atoms with Crippen molar-refractivity contribution in [2.45, 2.75) is 26.4 Å².